The number of aromatic hydroxyl groups is 2. The van der Waals surface area contributed by atoms with Crippen LogP contribution in [0.5, 0.6) is 11.5 Å². The van der Waals surface area contributed by atoms with E-state index >= 15 is 0 Å². The van der Waals surface area contributed by atoms with Crippen molar-refractivity contribution >= 4 is 0 Å². The van der Waals surface area contributed by atoms with Crippen LogP contribution in [0.25, 0.3) is 33.8 Å². The molecule has 0 aliphatic heterocycles. The molecule has 4 heteroatoms. The molecule has 0 amide bonds. The minimum Gasteiger partial charge on any atom is -0.508 e. The van der Waals surface area contributed by atoms with Crippen molar-refractivity contribution in [1.29, 1.82) is 0 Å². The first-order chi connectivity index (χ1) is 12.2. The lowest BCUT2D eigenvalue weighted by Crippen LogP contribution is -1.91. The Kier molecular flexibility index (Phi) is 3.71. The Morgan fingerprint density at radius 2 is 1.48 bits per heavy atom. The number of nitrogens with zero attached hydrogens (tertiary/aromatic N) is 1. The lowest BCUT2D eigenvalue weighted by atomic mass is 10.0. The second kappa shape index (κ2) is 6.17. The number of phenolic OH excluding ortho intramolecular Hbond substituents is 2. The molecule has 0 bridgehead atoms. The summed E-state index contributed by atoms with van der Waals surface area (Å²) >= 11 is 0. The third-order valence-electron chi connectivity index (χ3n) is 3.97. The molecule has 0 saturated carbocycles. The number of phenols is 2. The molecule has 0 atom stereocenters. The topological polar surface area (TPSA) is 66.5 Å². The fourth-order valence-corrected chi connectivity index (χ4v) is 2.72. The molecule has 4 aromatic rings. The van der Waals surface area contributed by atoms with Crippen molar-refractivity contribution < 1.29 is 14.6 Å². The van der Waals surface area contributed by atoms with E-state index in [0.29, 0.717) is 11.3 Å². The maximum Gasteiger partial charge on any atom is 0.134 e. The monoisotopic (exact) mass is 329 g/mol. The Bertz CT molecular complexity index is 1010. The maximum atomic E-state index is 10.2. The molecule has 0 aliphatic carbocycles. The van der Waals surface area contributed by atoms with Crippen molar-refractivity contribution in [2.45, 2.75) is 0 Å². The Balaban J connectivity index is 1.92. The second-order valence-corrected chi connectivity index (χ2v) is 5.67. The molecule has 2 aromatic carbocycles. The van der Waals surface area contributed by atoms with E-state index in [9.17, 15) is 10.2 Å². The van der Waals surface area contributed by atoms with Crippen LogP contribution in [-0.4, -0.2) is 15.2 Å². The van der Waals surface area contributed by atoms with Crippen molar-refractivity contribution in [3.8, 4) is 45.3 Å². The van der Waals surface area contributed by atoms with Crippen molar-refractivity contribution in [2.75, 3.05) is 0 Å². The summed E-state index contributed by atoms with van der Waals surface area (Å²) < 4.78 is 5.52. The van der Waals surface area contributed by atoms with E-state index in [1.54, 1.807) is 42.7 Å². The van der Waals surface area contributed by atoms with Gasteiger partial charge in [0.25, 0.3) is 0 Å². The second-order valence-electron chi connectivity index (χ2n) is 5.67. The molecule has 0 saturated heterocycles. The number of hydrogen-bond acceptors (Lipinski definition) is 4. The molecule has 4 nitrogen and oxygen atoms in total. The minimum absolute atomic E-state index is 0.170. The number of hydrogen-bond donors (Lipinski definition) is 2. The number of benzene rings is 2. The largest absolute Gasteiger partial charge is 0.508 e. The highest BCUT2D eigenvalue weighted by molar-refractivity contribution is 5.77. The molecule has 2 aromatic heterocycles. The van der Waals surface area contributed by atoms with E-state index in [-0.39, 0.29) is 11.5 Å². The number of furan rings is 1. The fourth-order valence-electron chi connectivity index (χ4n) is 2.72. The summed E-state index contributed by atoms with van der Waals surface area (Å²) in [4.78, 5) is 4.69. The van der Waals surface area contributed by atoms with Gasteiger partial charge in [-0.15, -0.1) is 0 Å². The average Bonchev–Trinajstić information content (AvgIpc) is 3.17. The van der Waals surface area contributed by atoms with Gasteiger partial charge in [0.05, 0.1) is 17.7 Å². The Morgan fingerprint density at radius 3 is 2.20 bits per heavy atom. The molecule has 0 aliphatic rings. The summed E-state index contributed by atoms with van der Waals surface area (Å²) in [6.45, 7) is 0. The van der Waals surface area contributed by atoms with E-state index in [1.807, 2.05) is 36.4 Å². The third-order valence-corrected chi connectivity index (χ3v) is 3.97. The normalized spacial score (nSPS) is 10.7. The van der Waals surface area contributed by atoms with Crippen molar-refractivity contribution in [3.63, 3.8) is 0 Å². The Labute approximate surface area is 144 Å². The van der Waals surface area contributed by atoms with Gasteiger partial charge in [0.1, 0.15) is 17.3 Å². The zero-order chi connectivity index (χ0) is 17.2. The first-order valence-electron chi connectivity index (χ1n) is 7.84. The van der Waals surface area contributed by atoms with Crippen LogP contribution in [0, 0.1) is 0 Å². The number of aromatic nitrogens is 1. The third kappa shape index (κ3) is 2.97. The quantitative estimate of drug-likeness (QED) is 0.549. The first-order valence-corrected chi connectivity index (χ1v) is 7.84. The van der Waals surface area contributed by atoms with Crippen molar-refractivity contribution in [3.05, 3.63) is 79.1 Å². The lowest BCUT2D eigenvalue weighted by Gasteiger charge is -2.10. The van der Waals surface area contributed by atoms with Gasteiger partial charge in [0.2, 0.25) is 0 Å². The van der Waals surface area contributed by atoms with Gasteiger partial charge in [-0.1, -0.05) is 12.1 Å². The van der Waals surface area contributed by atoms with E-state index in [2.05, 4.69) is 0 Å². The number of para-hydroxylation sites is 1. The molecule has 4 rings (SSSR count). The van der Waals surface area contributed by atoms with E-state index in [4.69, 9.17) is 9.40 Å². The molecule has 0 spiro atoms. The van der Waals surface area contributed by atoms with Gasteiger partial charge < -0.3 is 14.6 Å². The van der Waals surface area contributed by atoms with Gasteiger partial charge in [0, 0.05) is 16.7 Å². The van der Waals surface area contributed by atoms with E-state index in [0.717, 1.165) is 22.6 Å². The summed E-state index contributed by atoms with van der Waals surface area (Å²) in [5.41, 5.74) is 3.75. The van der Waals surface area contributed by atoms with Crippen molar-refractivity contribution in [1.82, 2.24) is 4.98 Å². The van der Waals surface area contributed by atoms with Gasteiger partial charge in [-0.05, 0) is 60.7 Å². The lowest BCUT2D eigenvalue weighted by molar-refractivity contribution is 0.475. The van der Waals surface area contributed by atoms with Gasteiger partial charge in [-0.2, -0.15) is 0 Å². The van der Waals surface area contributed by atoms with E-state index < -0.39 is 0 Å². The van der Waals surface area contributed by atoms with Crippen LogP contribution in [-0.2, 0) is 0 Å². The fraction of sp³-hybridized carbons (Fsp3) is 0. The van der Waals surface area contributed by atoms with Crippen LogP contribution in [0.2, 0.25) is 0 Å². The molecule has 0 unspecified atom stereocenters. The Hall–Kier alpha value is -3.53. The molecule has 2 heterocycles. The Morgan fingerprint density at radius 1 is 0.720 bits per heavy atom. The molecule has 25 heavy (non-hydrogen) atoms. The zero-order valence-corrected chi connectivity index (χ0v) is 13.3. The predicted molar refractivity (Wildman–Crippen MR) is 96.1 cm³/mol. The first kappa shape index (κ1) is 15.0. The van der Waals surface area contributed by atoms with Crippen LogP contribution in [0.15, 0.2) is 83.5 Å². The van der Waals surface area contributed by atoms with Crippen LogP contribution in [0.1, 0.15) is 0 Å². The smallest absolute Gasteiger partial charge is 0.134 e. The minimum atomic E-state index is 0.170. The molecule has 0 radical (unpaired) electrons. The van der Waals surface area contributed by atoms with Gasteiger partial charge in [-0.25, -0.2) is 4.98 Å². The zero-order valence-electron chi connectivity index (χ0n) is 13.3. The average molecular weight is 329 g/mol. The molecule has 122 valence electrons. The molecule has 2 N–H and O–H groups in total. The van der Waals surface area contributed by atoms with Gasteiger partial charge in [-0.3, -0.25) is 0 Å². The molecular formula is C21H15NO3. The van der Waals surface area contributed by atoms with Gasteiger partial charge >= 0.3 is 0 Å². The van der Waals surface area contributed by atoms with E-state index in [1.165, 1.54) is 0 Å². The number of pyridine rings is 1. The SMILES string of the molecule is Oc1ccc(-c2cc(-c3ccco3)cc(-c3ccccc3O)n2)cc1. The summed E-state index contributed by atoms with van der Waals surface area (Å²) in [5, 5.41) is 19.7. The standard InChI is InChI=1S/C21H15NO3/c23-16-9-7-14(8-10-16)18-12-15(21-6-3-11-25-21)13-19(22-18)17-4-1-2-5-20(17)24/h1-13,23-24H. The summed E-state index contributed by atoms with van der Waals surface area (Å²) in [7, 11) is 0. The highest BCUT2D eigenvalue weighted by atomic mass is 16.3. The number of rotatable bonds is 3. The van der Waals surface area contributed by atoms with Crippen molar-refractivity contribution in [2.24, 2.45) is 0 Å². The van der Waals surface area contributed by atoms with Crippen LogP contribution < -0.4 is 0 Å². The summed E-state index contributed by atoms with van der Waals surface area (Å²) in [6.07, 6.45) is 1.62. The highest BCUT2D eigenvalue weighted by Crippen LogP contribution is 2.34. The predicted octanol–water partition coefficient (Wildman–Crippen LogP) is 5.09. The molecular weight excluding hydrogens is 314 g/mol. The maximum absolute atomic E-state index is 10.2. The van der Waals surface area contributed by atoms with Crippen LogP contribution in [0.3, 0.4) is 0 Å². The van der Waals surface area contributed by atoms with Crippen LogP contribution in [0.4, 0.5) is 0 Å². The highest BCUT2D eigenvalue weighted by Gasteiger charge is 2.12. The van der Waals surface area contributed by atoms with Gasteiger partial charge in [0.15, 0.2) is 0 Å². The van der Waals surface area contributed by atoms with Crippen LogP contribution >= 0.6 is 0 Å². The summed E-state index contributed by atoms with van der Waals surface area (Å²) in [6, 6.07) is 21.5. The molecule has 0 fully saturated rings. The summed E-state index contributed by atoms with van der Waals surface area (Å²) in [5.74, 6) is 1.09.